The maximum absolute atomic E-state index is 11.8. The minimum atomic E-state index is -0.516. The number of carbonyl (C=O) groups is 1. The lowest BCUT2D eigenvalue weighted by molar-refractivity contribution is -0.145. The summed E-state index contributed by atoms with van der Waals surface area (Å²) < 4.78 is 9.96. The molecule has 0 amide bonds. The summed E-state index contributed by atoms with van der Waals surface area (Å²) in [6, 6.07) is 7.18. The molecule has 0 aliphatic rings. The molecule has 1 aromatic rings. The average Bonchev–Trinajstić information content (AvgIpc) is 2.53. The van der Waals surface area contributed by atoms with Gasteiger partial charge in [-0.2, -0.15) is 0 Å². The molecule has 0 heterocycles. The second kappa shape index (κ2) is 8.83. The molecule has 1 rings (SSSR count). The van der Waals surface area contributed by atoms with Crippen molar-refractivity contribution in [3.8, 4) is 17.6 Å². The lowest BCUT2D eigenvalue weighted by atomic mass is 10.1. The molecular formula is C17H21NO3. The molecule has 112 valence electrons. The Morgan fingerprint density at radius 2 is 2.05 bits per heavy atom. The Morgan fingerprint density at radius 1 is 1.38 bits per heavy atom. The number of benzene rings is 1. The minimum Gasteiger partial charge on any atom is -0.497 e. The van der Waals surface area contributed by atoms with Gasteiger partial charge in [-0.1, -0.05) is 24.1 Å². The SMILES string of the molecule is C=C[C@@H](C(=O)OC)N(CC#CC)Cc1ccc(OC)cc1. The van der Waals surface area contributed by atoms with Gasteiger partial charge in [0.1, 0.15) is 11.8 Å². The van der Waals surface area contributed by atoms with Crippen LogP contribution in [0.15, 0.2) is 36.9 Å². The average molecular weight is 287 g/mol. The van der Waals surface area contributed by atoms with Crippen LogP contribution in [0.5, 0.6) is 5.75 Å². The van der Waals surface area contributed by atoms with Crippen molar-refractivity contribution in [3.05, 3.63) is 42.5 Å². The van der Waals surface area contributed by atoms with E-state index in [1.165, 1.54) is 7.11 Å². The van der Waals surface area contributed by atoms with E-state index in [4.69, 9.17) is 9.47 Å². The van der Waals surface area contributed by atoms with Gasteiger partial charge in [0.25, 0.3) is 0 Å². The summed E-state index contributed by atoms with van der Waals surface area (Å²) in [4.78, 5) is 13.7. The third-order valence-electron chi connectivity index (χ3n) is 3.06. The van der Waals surface area contributed by atoms with Crippen molar-refractivity contribution in [1.29, 1.82) is 0 Å². The van der Waals surface area contributed by atoms with Gasteiger partial charge in [0, 0.05) is 6.54 Å². The lowest BCUT2D eigenvalue weighted by Crippen LogP contribution is -2.40. The van der Waals surface area contributed by atoms with Crippen molar-refractivity contribution >= 4 is 5.97 Å². The van der Waals surface area contributed by atoms with Gasteiger partial charge in [-0.05, 0) is 24.6 Å². The molecule has 1 aromatic carbocycles. The highest BCUT2D eigenvalue weighted by Crippen LogP contribution is 2.15. The smallest absolute Gasteiger partial charge is 0.327 e. The molecule has 0 unspecified atom stereocenters. The zero-order valence-corrected chi connectivity index (χ0v) is 12.8. The van der Waals surface area contributed by atoms with Gasteiger partial charge in [-0.25, -0.2) is 0 Å². The quantitative estimate of drug-likeness (QED) is 0.438. The summed E-state index contributed by atoms with van der Waals surface area (Å²) in [6.07, 6.45) is 1.58. The van der Waals surface area contributed by atoms with Crippen molar-refractivity contribution < 1.29 is 14.3 Å². The molecule has 0 fully saturated rings. The molecule has 0 spiro atoms. The zero-order valence-electron chi connectivity index (χ0n) is 12.8. The summed E-state index contributed by atoms with van der Waals surface area (Å²) in [6.45, 7) is 6.53. The van der Waals surface area contributed by atoms with Crippen molar-refractivity contribution in [2.24, 2.45) is 0 Å². The Bertz CT molecular complexity index is 525. The molecule has 0 saturated heterocycles. The van der Waals surface area contributed by atoms with Crippen molar-refractivity contribution in [1.82, 2.24) is 4.90 Å². The molecule has 0 N–H and O–H groups in total. The van der Waals surface area contributed by atoms with E-state index in [-0.39, 0.29) is 5.97 Å². The largest absolute Gasteiger partial charge is 0.497 e. The zero-order chi connectivity index (χ0) is 15.7. The van der Waals surface area contributed by atoms with E-state index in [1.54, 1.807) is 20.1 Å². The first-order chi connectivity index (χ1) is 10.2. The number of nitrogens with zero attached hydrogens (tertiary/aromatic N) is 1. The number of hydrogen-bond acceptors (Lipinski definition) is 4. The molecule has 0 aliphatic carbocycles. The molecule has 4 heteroatoms. The van der Waals surface area contributed by atoms with E-state index in [0.29, 0.717) is 13.1 Å². The normalized spacial score (nSPS) is 11.2. The van der Waals surface area contributed by atoms with E-state index in [2.05, 4.69) is 18.4 Å². The van der Waals surface area contributed by atoms with Gasteiger partial charge in [0.15, 0.2) is 0 Å². The Kier molecular flexibility index (Phi) is 7.06. The monoisotopic (exact) mass is 287 g/mol. The second-order valence-electron chi connectivity index (χ2n) is 4.38. The summed E-state index contributed by atoms with van der Waals surface area (Å²) in [5.74, 6) is 6.28. The van der Waals surface area contributed by atoms with Crippen LogP contribution in [0.25, 0.3) is 0 Å². The van der Waals surface area contributed by atoms with Crippen LogP contribution in [0.1, 0.15) is 12.5 Å². The Balaban J connectivity index is 2.91. The van der Waals surface area contributed by atoms with Crippen molar-refractivity contribution in [2.75, 3.05) is 20.8 Å². The topological polar surface area (TPSA) is 38.8 Å². The van der Waals surface area contributed by atoms with Crippen LogP contribution in [0.2, 0.25) is 0 Å². The summed E-state index contributed by atoms with van der Waals surface area (Å²) in [5, 5.41) is 0. The lowest BCUT2D eigenvalue weighted by Gasteiger charge is -2.25. The van der Waals surface area contributed by atoms with Crippen LogP contribution < -0.4 is 4.74 Å². The van der Waals surface area contributed by atoms with Crippen LogP contribution in [-0.2, 0) is 16.1 Å². The molecule has 1 atom stereocenters. The number of esters is 1. The number of carbonyl (C=O) groups excluding carboxylic acids is 1. The number of ether oxygens (including phenoxy) is 2. The van der Waals surface area contributed by atoms with Crippen LogP contribution in [0.4, 0.5) is 0 Å². The highest BCUT2D eigenvalue weighted by atomic mass is 16.5. The third-order valence-corrected chi connectivity index (χ3v) is 3.06. The highest BCUT2D eigenvalue weighted by molar-refractivity contribution is 5.77. The van der Waals surface area contributed by atoms with E-state index in [0.717, 1.165) is 11.3 Å². The third kappa shape index (κ3) is 4.97. The second-order valence-corrected chi connectivity index (χ2v) is 4.38. The molecule has 0 bridgehead atoms. The summed E-state index contributed by atoms with van der Waals surface area (Å²) >= 11 is 0. The maximum Gasteiger partial charge on any atom is 0.327 e. The molecule has 0 aromatic heterocycles. The van der Waals surface area contributed by atoms with Gasteiger partial charge in [-0.15, -0.1) is 12.5 Å². The first-order valence-corrected chi connectivity index (χ1v) is 6.63. The minimum absolute atomic E-state index is 0.337. The number of hydrogen-bond donors (Lipinski definition) is 0. The predicted molar refractivity (Wildman–Crippen MR) is 82.9 cm³/mol. The van der Waals surface area contributed by atoms with E-state index >= 15 is 0 Å². The van der Waals surface area contributed by atoms with Gasteiger partial charge >= 0.3 is 5.97 Å². The fraction of sp³-hybridized carbons (Fsp3) is 0.353. The van der Waals surface area contributed by atoms with Crippen LogP contribution in [-0.4, -0.2) is 37.7 Å². The van der Waals surface area contributed by atoms with E-state index in [9.17, 15) is 4.79 Å². The predicted octanol–water partition coefficient (Wildman–Crippen LogP) is 2.25. The Morgan fingerprint density at radius 3 is 2.52 bits per heavy atom. The van der Waals surface area contributed by atoms with E-state index in [1.807, 2.05) is 29.2 Å². The van der Waals surface area contributed by atoms with Crippen LogP contribution in [0.3, 0.4) is 0 Å². The van der Waals surface area contributed by atoms with Crippen molar-refractivity contribution in [3.63, 3.8) is 0 Å². The molecule has 0 radical (unpaired) electrons. The van der Waals surface area contributed by atoms with Gasteiger partial charge in [-0.3, -0.25) is 9.69 Å². The molecule has 4 nitrogen and oxygen atoms in total. The Hall–Kier alpha value is -2.25. The van der Waals surface area contributed by atoms with Gasteiger partial charge < -0.3 is 9.47 Å². The molecule has 0 aliphatic heterocycles. The van der Waals surface area contributed by atoms with Crippen LogP contribution in [0, 0.1) is 11.8 Å². The van der Waals surface area contributed by atoms with Gasteiger partial charge in [0.2, 0.25) is 0 Å². The van der Waals surface area contributed by atoms with Gasteiger partial charge in [0.05, 0.1) is 20.8 Å². The molecule has 0 saturated carbocycles. The molecule has 21 heavy (non-hydrogen) atoms. The first kappa shape index (κ1) is 16.8. The number of rotatable bonds is 7. The highest BCUT2D eigenvalue weighted by Gasteiger charge is 2.23. The fourth-order valence-electron chi connectivity index (χ4n) is 1.91. The van der Waals surface area contributed by atoms with E-state index < -0.39 is 6.04 Å². The van der Waals surface area contributed by atoms with Crippen molar-refractivity contribution in [2.45, 2.75) is 19.5 Å². The Labute approximate surface area is 126 Å². The number of methoxy groups -OCH3 is 2. The maximum atomic E-state index is 11.8. The molecular weight excluding hydrogens is 266 g/mol. The standard InChI is InChI=1S/C17H21NO3/c1-5-7-12-18(16(6-2)17(19)21-4)13-14-8-10-15(20-3)11-9-14/h6,8-11,16H,2,12-13H2,1,3-4H3/t16-/m0/s1. The van der Waals surface area contributed by atoms with Crippen LogP contribution >= 0.6 is 0 Å². The fourth-order valence-corrected chi connectivity index (χ4v) is 1.91. The first-order valence-electron chi connectivity index (χ1n) is 6.63. The summed E-state index contributed by atoms with van der Waals surface area (Å²) in [5.41, 5.74) is 1.06. The summed E-state index contributed by atoms with van der Waals surface area (Å²) in [7, 11) is 3.00.